The first-order valence-corrected chi connectivity index (χ1v) is 18.7. The number of anilines is 2. The molecule has 2 amide bonds. The molecule has 11 nitrogen and oxygen atoms in total. The van der Waals surface area contributed by atoms with Crippen LogP contribution in [0.25, 0.3) is 22.5 Å². The Morgan fingerprint density at radius 1 is 0.544 bits per heavy atom. The quantitative estimate of drug-likeness (QED) is 0.195. The fourth-order valence-corrected chi connectivity index (χ4v) is 7.49. The number of benzene rings is 4. The smallest absolute Gasteiger partial charge is 0.258 e. The number of aromatic nitrogens is 6. The van der Waals surface area contributed by atoms with Crippen molar-refractivity contribution in [2.24, 2.45) is 0 Å². The van der Waals surface area contributed by atoms with Gasteiger partial charge in [-0.2, -0.15) is 10.2 Å². The molecule has 0 atom stereocenters. The van der Waals surface area contributed by atoms with Crippen LogP contribution in [0.3, 0.4) is 0 Å². The summed E-state index contributed by atoms with van der Waals surface area (Å²) in [6, 6.07) is 43.1. The van der Waals surface area contributed by atoms with Gasteiger partial charge in [0, 0.05) is 84.3 Å². The number of nitrogens with one attached hydrogen (secondary N) is 1. The number of nitrogens with zero attached hydrogens (tertiary/aromatic N) is 7. The molecule has 8 aromatic rings. The van der Waals surface area contributed by atoms with Crippen molar-refractivity contribution >= 4 is 29.1 Å². The van der Waals surface area contributed by atoms with E-state index in [2.05, 4.69) is 61.1 Å². The number of hydrogen-bond donors (Lipinski definition) is 1. The Kier molecular flexibility index (Phi) is 9.23. The fourth-order valence-electron chi connectivity index (χ4n) is 7.49. The Morgan fingerprint density at radius 2 is 1.07 bits per heavy atom. The molecule has 1 N–H and O–H groups in total. The maximum Gasteiger partial charge on any atom is 0.258 e. The number of H-pyrrole nitrogens is 1. The van der Waals surface area contributed by atoms with Gasteiger partial charge in [-0.3, -0.25) is 19.5 Å². The van der Waals surface area contributed by atoms with E-state index in [0.29, 0.717) is 29.9 Å². The van der Waals surface area contributed by atoms with Crippen LogP contribution in [-0.4, -0.2) is 46.8 Å². The van der Waals surface area contributed by atoms with Gasteiger partial charge in [-0.1, -0.05) is 60.7 Å². The Labute approximate surface area is 329 Å². The lowest BCUT2D eigenvalue weighted by molar-refractivity contribution is 0.0919. The van der Waals surface area contributed by atoms with Crippen molar-refractivity contribution in [2.75, 3.05) is 9.80 Å². The predicted molar refractivity (Wildman–Crippen MR) is 219 cm³/mol. The number of carbonyl (C=O) groups is 3. The van der Waals surface area contributed by atoms with Gasteiger partial charge in [0.25, 0.3) is 11.8 Å². The molecule has 2 aliphatic heterocycles. The van der Waals surface area contributed by atoms with Gasteiger partial charge in [0.05, 0.1) is 24.5 Å². The highest BCUT2D eigenvalue weighted by Gasteiger charge is 2.26. The first-order chi connectivity index (χ1) is 27.9. The van der Waals surface area contributed by atoms with Crippen LogP contribution in [0.5, 0.6) is 0 Å². The van der Waals surface area contributed by atoms with E-state index in [4.69, 9.17) is 0 Å². The van der Waals surface area contributed by atoms with Gasteiger partial charge in [-0.05, 0) is 89.5 Å². The molecule has 0 fully saturated rings. The average molecular weight is 751 g/mol. The summed E-state index contributed by atoms with van der Waals surface area (Å²) >= 11 is 0. The second-order valence-electron chi connectivity index (χ2n) is 14.1. The molecule has 11 heteroatoms. The standard InChI is InChI=1S/C24H20N4O2.C22H18N4O/c1-17(29)28-14-12-22(25-28)18-8-10-19(11-9-18)24(30)27-16-21-6-4-13-26(21)15-20-5-2-3-7-23(20)27;27-22(17-9-7-16(8-10-17)20-11-12-23-24-20)26-15-19-5-3-13-25(19)14-18-4-1-2-6-21(18)26/h2-14H,15-16H2,1H3;1-13H,14-15H2,(H,23,24). The third-order valence-electron chi connectivity index (χ3n) is 10.5. The molecular weight excluding hydrogens is 713 g/mol. The lowest BCUT2D eigenvalue weighted by atomic mass is 10.1. The number of aromatic amines is 1. The Morgan fingerprint density at radius 3 is 1.56 bits per heavy atom. The Bertz CT molecular complexity index is 2720. The Balaban J connectivity index is 0.000000149. The number of rotatable bonds is 4. The van der Waals surface area contributed by atoms with Crippen molar-refractivity contribution in [2.45, 2.75) is 33.1 Å². The Hall–Kier alpha value is -7.53. The summed E-state index contributed by atoms with van der Waals surface area (Å²) in [6.07, 6.45) is 7.48. The van der Waals surface area contributed by atoms with Gasteiger partial charge < -0.3 is 18.9 Å². The van der Waals surface area contributed by atoms with Gasteiger partial charge in [0.15, 0.2) is 0 Å². The first kappa shape index (κ1) is 35.2. The van der Waals surface area contributed by atoms with Crippen molar-refractivity contribution in [1.29, 1.82) is 0 Å². The van der Waals surface area contributed by atoms with E-state index in [1.807, 2.05) is 113 Å². The topological polar surface area (TPSA) is 114 Å². The second kappa shape index (κ2) is 15.0. The normalized spacial score (nSPS) is 12.9. The monoisotopic (exact) mass is 750 g/mol. The average Bonchev–Trinajstić information content (AvgIpc) is 4.08. The lowest BCUT2D eigenvalue weighted by Crippen LogP contribution is -2.30. The molecule has 0 saturated heterocycles. The van der Waals surface area contributed by atoms with E-state index in [1.54, 1.807) is 18.5 Å². The van der Waals surface area contributed by atoms with E-state index in [9.17, 15) is 14.4 Å². The molecule has 0 saturated carbocycles. The third-order valence-corrected chi connectivity index (χ3v) is 10.5. The predicted octanol–water partition coefficient (Wildman–Crippen LogP) is 8.31. The highest BCUT2D eigenvalue weighted by molar-refractivity contribution is 6.07. The largest absolute Gasteiger partial charge is 0.345 e. The molecule has 280 valence electrons. The SMILES string of the molecule is CC(=O)n1ccc(-c2ccc(C(=O)N3Cc4cccn4Cc4ccccc43)cc2)n1.O=C(c1ccc(-c2ccn[nH]2)cc1)N1Cc2cccn2Cc2ccccc21. The minimum absolute atomic E-state index is 0.00765. The second-order valence-corrected chi connectivity index (χ2v) is 14.1. The summed E-state index contributed by atoms with van der Waals surface area (Å²) in [5, 5.41) is 11.2. The molecule has 4 aromatic heterocycles. The molecule has 4 aromatic carbocycles. The minimum atomic E-state index is -0.141. The van der Waals surface area contributed by atoms with Gasteiger partial charge in [-0.25, -0.2) is 4.68 Å². The number of carbonyl (C=O) groups excluding carboxylic acids is 3. The van der Waals surface area contributed by atoms with E-state index < -0.39 is 0 Å². The highest BCUT2D eigenvalue weighted by atomic mass is 16.2. The third kappa shape index (κ3) is 6.98. The van der Waals surface area contributed by atoms with Crippen LogP contribution in [0.2, 0.25) is 0 Å². The molecule has 6 heterocycles. The summed E-state index contributed by atoms with van der Waals surface area (Å²) in [5.74, 6) is -0.177. The highest BCUT2D eigenvalue weighted by Crippen LogP contribution is 2.31. The fraction of sp³-hybridized carbons (Fsp3) is 0.109. The van der Waals surface area contributed by atoms with Gasteiger partial charge in [0.2, 0.25) is 5.91 Å². The lowest BCUT2D eigenvalue weighted by Gasteiger charge is -2.23. The van der Waals surface area contributed by atoms with Crippen LogP contribution in [-0.2, 0) is 26.2 Å². The van der Waals surface area contributed by atoms with Gasteiger partial charge in [-0.15, -0.1) is 0 Å². The van der Waals surface area contributed by atoms with Crippen molar-refractivity contribution in [3.63, 3.8) is 0 Å². The van der Waals surface area contributed by atoms with Crippen molar-refractivity contribution < 1.29 is 14.4 Å². The van der Waals surface area contributed by atoms with Gasteiger partial charge >= 0.3 is 0 Å². The number of amides is 2. The van der Waals surface area contributed by atoms with E-state index in [0.717, 1.165) is 63.8 Å². The van der Waals surface area contributed by atoms with Crippen LogP contribution in [0.1, 0.15) is 54.9 Å². The zero-order valence-corrected chi connectivity index (χ0v) is 31.2. The van der Waals surface area contributed by atoms with Crippen molar-refractivity contribution in [1.82, 2.24) is 29.1 Å². The van der Waals surface area contributed by atoms with E-state index in [1.165, 1.54) is 11.6 Å². The summed E-state index contributed by atoms with van der Waals surface area (Å²) in [7, 11) is 0. The molecule has 10 rings (SSSR count). The zero-order valence-electron chi connectivity index (χ0n) is 31.2. The minimum Gasteiger partial charge on any atom is -0.345 e. The van der Waals surface area contributed by atoms with Crippen LogP contribution >= 0.6 is 0 Å². The molecular formula is C46H38N8O3. The van der Waals surface area contributed by atoms with Crippen LogP contribution in [0, 0.1) is 0 Å². The van der Waals surface area contributed by atoms with Crippen molar-refractivity contribution in [3.05, 3.63) is 192 Å². The number of hydrogen-bond acceptors (Lipinski definition) is 5. The van der Waals surface area contributed by atoms with Gasteiger partial charge in [0.1, 0.15) is 0 Å². The summed E-state index contributed by atoms with van der Waals surface area (Å²) in [5.41, 5.74) is 11.2. The maximum atomic E-state index is 13.4. The zero-order chi connectivity index (χ0) is 38.9. The molecule has 0 spiro atoms. The molecule has 57 heavy (non-hydrogen) atoms. The summed E-state index contributed by atoms with van der Waals surface area (Å²) in [4.78, 5) is 42.0. The van der Waals surface area contributed by atoms with Crippen LogP contribution in [0.4, 0.5) is 11.4 Å². The molecule has 0 unspecified atom stereocenters. The molecule has 2 aliphatic rings. The van der Waals surface area contributed by atoms with Crippen molar-refractivity contribution in [3.8, 4) is 22.5 Å². The summed E-state index contributed by atoms with van der Waals surface area (Å²) < 4.78 is 5.69. The van der Waals surface area contributed by atoms with E-state index >= 15 is 0 Å². The van der Waals surface area contributed by atoms with Crippen LogP contribution in [0.15, 0.2) is 158 Å². The summed E-state index contributed by atoms with van der Waals surface area (Å²) in [6.45, 7) is 4.08. The molecule has 0 bridgehead atoms. The van der Waals surface area contributed by atoms with E-state index in [-0.39, 0.29) is 17.7 Å². The maximum absolute atomic E-state index is 13.4. The molecule has 0 aliphatic carbocycles. The molecule has 0 radical (unpaired) electrons. The first-order valence-electron chi connectivity index (χ1n) is 18.7. The number of fused-ring (bicyclic) bond motifs is 4. The van der Waals surface area contributed by atoms with Crippen LogP contribution < -0.4 is 9.80 Å². The number of para-hydroxylation sites is 2.